The van der Waals surface area contributed by atoms with Crippen LogP contribution in [-0.2, 0) is 0 Å². The average Bonchev–Trinajstić information content (AvgIpc) is 2.46. The average molecular weight is 323 g/mol. The van der Waals surface area contributed by atoms with Crippen LogP contribution in [0.15, 0.2) is 36.4 Å². The lowest BCUT2D eigenvalue weighted by atomic mass is 10.1. The summed E-state index contributed by atoms with van der Waals surface area (Å²) < 4.78 is 26.9. The first-order valence-electron chi connectivity index (χ1n) is 5.99. The fourth-order valence-corrected chi connectivity index (χ4v) is 1.73. The molecule has 0 saturated heterocycles. The van der Waals surface area contributed by atoms with Crippen LogP contribution in [0.3, 0.4) is 0 Å². The summed E-state index contributed by atoms with van der Waals surface area (Å²) in [5, 5.41) is 23.2. The topological polar surface area (TPSA) is 115 Å². The Bertz CT molecular complexity index is 825. The summed E-state index contributed by atoms with van der Waals surface area (Å²) in [5.41, 5.74) is -1.86. The number of benzene rings is 2. The Hall–Kier alpha value is -3.43. The fraction of sp³-hybridized carbons (Fsp3) is 0. The maximum atomic E-state index is 13.4. The summed E-state index contributed by atoms with van der Waals surface area (Å²) in [6.45, 7) is 0. The van der Waals surface area contributed by atoms with E-state index in [1.807, 2.05) is 0 Å². The van der Waals surface area contributed by atoms with Gasteiger partial charge in [0.15, 0.2) is 0 Å². The van der Waals surface area contributed by atoms with Crippen molar-refractivity contribution in [3.63, 3.8) is 0 Å². The van der Waals surface area contributed by atoms with Crippen molar-refractivity contribution in [1.29, 1.82) is 0 Å². The monoisotopic (exact) mass is 323 g/mol. The molecule has 0 aliphatic carbocycles. The van der Waals surface area contributed by atoms with Gasteiger partial charge in [-0.15, -0.1) is 0 Å². The predicted octanol–water partition coefficient (Wildman–Crippen LogP) is 3.03. The molecule has 2 aromatic rings. The Labute approximate surface area is 126 Å². The molecular weight excluding hydrogens is 316 g/mol. The van der Waals surface area contributed by atoms with Gasteiger partial charge in [-0.3, -0.25) is 25.0 Å². The van der Waals surface area contributed by atoms with Gasteiger partial charge in [0.2, 0.25) is 11.6 Å². The molecule has 0 spiro atoms. The first-order valence-corrected chi connectivity index (χ1v) is 5.99. The molecule has 0 atom stereocenters. The van der Waals surface area contributed by atoms with E-state index >= 15 is 0 Å². The van der Waals surface area contributed by atoms with E-state index in [1.165, 1.54) is 0 Å². The lowest BCUT2D eigenvalue weighted by molar-refractivity contribution is -0.387. The quantitative estimate of drug-likeness (QED) is 0.686. The van der Waals surface area contributed by atoms with Gasteiger partial charge < -0.3 is 5.32 Å². The van der Waals surface area contributed by atoms with Crippen LogP contribution in [0.1, 0.15) is 10.4 Å². The first kappa shape index (κ1) is 15.9. The van der Waals surface area contributed by atoms with Crippen molar-refractivity contribution in [2.24, 2.45) is 0 Å². The molecule has 0 aromatic heterocycles. The molecule has 0 fully saturated rings. The standard InChI is InChI=1S/C13H7F2N3O5/c14-9-5-7(1-3-11(9)17(20)21)13(19)16-8-2-4-12(18(22)23)10(15)6-8/h1-6H,(H,16,19). The predicted molar refractivity (Wildman–Crippen MR) is 74.1 cm³/mol. The van der Waals surface area contributed by atoms with Crippen LogP contribution in [0.2, 0.25) is 0 Å². The molecule has 0 bridgehead atoms. The molecule has 2 rings (SSSR count). The number of carbonyl (C=O) groups is 1. The minimum atomic E-state index is -1.20. The van der Waals surface area contributed by atoms with Crippen LogP contribution < -0.4 is 5.32 Å². The van der Waals surface area contributed by atoms with Crippen molar-refractivity contribution in [3.8, 4) is 0 Å². The highest BCUT2D eigenvalue weighted by atomic mass is 19.1. The normalized spacial score (nSPS) is 10.2. The molecule has 0 aliphatic heterocycles. The van der Waals surface area contributed by atoms with E-state index in [2.05, 4.69) is 5.32 Å². The lowest BCUT2D eigenvalue weighted by Gasteiger charge is -2.06. The number of halogens is 2. The number of hydrogen-bond donors (Lipinski definition) is 1. The Morgan fingerprint density at radius 1 is 0.913 bits per heavy atom. The fourth-order valence-electron chi connectivity index (χ4n) is 1.73. The first-order chi connectivity index (χ1) is 10.8. The van der Waals surface area contributed by atoms with Crippen LogP contribution in [0.5, 0.6) is 0 Å². The van der Waals surface area contributed by atoms with Crippen LogP contribution in [0, 0.1) is 31.9 Å². The van der Waals surface area contributed by atoms with Gasteiger partial charge in [-0.1, -0.05) is 0 Å². The molecule has 0 unspecified atom stereocenters. The second-order valence-corrected chi connectivity index (χ2v) is 4.30. The summed E-state index contributed by atoms with van der Waals surface area (Å²) in [6, 6.07) is 5.20. The number of nitrogens with one attached hydrogen (secondary N) is 1. The molecule has 0 radical (unpaired) electrons. The van der Waals surface area contributed by atoms with Gasteiger partial charge in [-0.2, -0.15) is 8.78 Å². The Balaban J connectivity index is 2.22. The largest absolute Gasteiger partial charge is 0.322 e. The number of nitro groups is 2. The van der Waals surface area contributed by atoms with Gasteiger partial charge in [-0.25, -0.2) is 0 Å². The van der Waals surface area contributed by atoms with Crippen molar-refractivity contribution in [2.75, 3.05) is 5.32 Å². The molecule has 1 N–H and O–H groups in total. The van der Waals surface area contributed by atoms with E-state index in [0.29, 0.717) is 6.07 Å². The van der Waals surface area contributed by atoms with Crippen molar-refractivity contribution in [2.45, 2.75) is 0 Å². The number of carbonyl (C=O) groups excluding carboxylic acids is 1. The molecule has 0 aliphatic rings. The maximum absolute atomic E-state index is 13.4. The maximum Gasteiger partial charge on any atom is 0.304 e. The van der Waals surface area contributed by atoms with Gasteiger partial charge >= 0.3 is 11.4 Å². The number of hydrogen-bond acceptors (Lipinski definition) is 5. The third-order valence-corrected chi connectivity index (χ3v) is 2.81. The van der Waals surface area contributed by atoms with Crippen molar-refractivity contribution < 1.29 is 23.4 Å². The van der Waals surface area contributed by atoms with Gasteiger partial charge in [0.25, 0.3) is 5.91 Å². The number of rotatable bonds is 4. The Kier molecular flexibility index (Phi) is 4.25. The van der Waals surface area contributed by atoms with Crippen LogP contribution in [-0.4, -0.2) is 15.8 Å². The van der Waals surface area contributed by atoms with E-state index < -0.39 is 38.8 Å². The molecule has 23 heavy (non-hydrogen) atoms. The summed E-state index contributed by atoms with van der Waals surface area (Å²) in [5.74, 6) is -3.20. The zero-order chi connectivity index (χ0) is 17.1. The van der Waals surface area contributed by atoms with Crippen molar-refractivity contribution in [3.05, 3.63) is 73.8 Å². The van der Waals surface area contributed by atoms with E-state index in [9.17, 15) is 33.8 Å². The van der Waals surface area contributed by atoms with E-state index in [1.54, 1.807) is 0 Å². The van der Waals surface area contributed by atoms with E-state index in [0.717, 1.165) is 30.3 Å². The smallest absolute Gasteiger partial charge is 0.304 e. The Morgan fingerprint density at radius 3 is 1.91 bits per heavy atom. The van der Waals surface area contributed by atoms with E-state index in [-0.39, 0.29) is 11.3 Å². The van der Waals surface area contributed by atoms with Crippen molar-refractivity contribution >= 4 is 23.0 Å². The molecule has 2 aromatic carbocycles. The molecule has 10 heteroatoms. The number of nitro benzene ring substituents is 2. The highest BCUT2D eigenvalue weighted by Gasteiger charge is 2.18. The molecule has 118 valence electrons. The van der Waals surface area contributed by atoms with Gasteiger partial charge in [0, 0.05) is 29.4 Å². The second kappa shape index (κ2) is 6.13. The van der Waals surface area contributed by atoms with Crippen LogP contribution >= 0.6 is 0 Å². The second-order valence-electron chi connectivity index (χ2n) is 4.30. The number of nitrogens with zero attached hydrogens (tertiary/aromatic N) is 2. The zero-order valence-corrected chi connectivity index (χ0v) is 11.2. The number of anilines is 1. The highest BCUT2D eigenvalue weighted by Crippen LogP contribution is 2.22. The lowest BCUT2D eigenvalue weighted by Crippen LogP contribution is -2.12. The zero-order valence-electron chi connectivity index (χ0n) is 11.2. The van der Waals surface area contributed by atoms with Gasteiger partial charge in [-0.05, 0) is 18.2 Å². The third-order valence-electron chi connectivity index (χ3n) is 2.81. The molecule has 0 heterocycles. The Morgan fingerprint density at radius 2 is 1.43 bits per heavy atom. The number of amides is 1. The summed E-state index contributed by atoms with van der Waals surface area (Å²) in [6.07, 6.45) is 0. The minimum absolute atomic E-state index is 0.0862. The van der Waals surface area contributed by atoms with Crippen molar-refractivity contribution in [1.82, 2.24) is 0 Å². The SMILES string of the molecule is O=C(Nc1ccc([N+](=O)[O-])c(F)c1)c1ccc([N+](=O)[O-])c(F)c1. The molecule has 0 saturated carbocycles. The third kappa shape index (κ3) is 3.43. The van der Waals surface area contributed by atoms with Crippen LogP contribution in [0.25, 0.3) is 0 Å². The highest BCUT2D eigenvalue weighted by molar-refractivity contribution is 6.04. The van der Waals surface area contributed by atoms with Gasteiger partial charge in [0.05, 0.1) is 9.85 Å². The van der Waals surface area contributed by atoms with E-state index in [4.69, 9.17) is 0 Å². The molecular formula is C13H7F2N3O5. The van der Waals surface area contributed by atoms with Gasteiger partial charge in [0.1, 0.15) is 0 Å². The molecule has 1 amide bonds. The molecule has 8 nitrogen and oxygen atoms in total. The van der Waals surface area contributed by atoms with Crippen LogP contribution in [0.4, 0.5) is 25.8 Å². The summed E-state index contributed by atoms with van der Waals surface area (Å²) in [7, 11) is 0. The summed E-state index contributed by atoms with van der Waals surface area (Å²) >= 11 is 0. The summed E-state index contributed by atoms with van der Waals surface area (Å²) in [4.78, 5) is 31.0. The minimum Gasteiger partial charge on any atom is -0.322 e.